The molecule has 19 heavy (non-hydrogen) atoms. The summed E-state index contributed by atoms with van der Waals surface area (Å²) in [5.74, 6) is -0.264. The van der Waals surface area contributed by atoms with E-state index in [1.165, 1.54) is 4.90 Å². The first kappa shape index (κ1) is 14.9. The SMILES string of the molecule is CN(CCCC(=O)O)C(=O)c1ccnc(N(C)C)c1. The maximum atomic E-state index is 12.1. The second kappa shape index (κ2) is 6.72. The van der Waals surface area contributed by atoms with Gasteiger partial charge in [0.25, 0.3) is 5.91 Å². The van der Waals surface area contributed by atoms with E-state index in [1.807, 2.05) is 19.0 Å². The molecule has 0 aromatic carbocycles. The maximum Gasteiger partial charge on any atom is 0.303 e. The Labute approximate surface area is 112 Å². The first-order chi connectivity index (χ1) is 8.91. The number of carbonyl (C=O) groups excluding carboxylic acids is 1. The molecule has 0 saturated carbocycles. The Morgan fingerprint density at radius 3 is 2.58 bits per heavy atom. The zero-order valence-corrected chi connectivity index (χ0v) is 11.5. The number of aromatic nitrogens is 1. The first-order valence-corrected chi connectivity index (χ1v) is 6.02. The van der Waals surface area contributed by atoms with E-state index in [-0.39, 0.29) is 12.3 Å². The Morgan fingerprint density at radius 2 is 2.00 bits per heavy atom. The number of aliphatic carboxylic acids is 1. The lowest BCUT2D eigenvalue weighted by Gasteiger charge is -2.18. The molecule has 0 aliphatic heterocycles. The molecule has 0 atom stereocenters. The molecule has 0 bridgehead atoms. The van der Waals surface area contributed by atoms with Crippen LogP contribution in [0.1, 0.15) is 23.2 Å². The first-order valence-electron chi connectivity index (χ1n) is 6.02. The third-order valence-corrected chi connectivity index (χ3v) is 2.68. The van der Waals surface area contributed by atoms with Crippen LogP contribution in [0.3, 0.4) is 0 Å². The zero-order valence-electron chi connectivity index (χ0n) is 11.5. The fraction of sp³-hybridized carbons (Fsp3) is 0.462. The predicted molar refractivity (Wildman–Crippen MR) is 72.4 cm³/mol. The van der Waals surface area contributed by atoms with E-state index >= 15 is 0 Å². The van der Waals surface area contributed by atoms with E-state index in [1.54, 1.807) is 25.4 Å². The molecule has 0 aliphatic carbocycles. The summed E-state index contributed by atoms with van der Waals surface area (Å²) >= 11 is 0. The van der Waals surface area contributed by atoms with Crippen molar-refractivity contribution < 1.29 is 14.7 Å². The summed E-state index contributed by atoms with van der Waals surface area (Å²) in [4.78, 5) is 30.0. The molecule has 0 unspecified atom stereocenters. The van der Waals surface area contributed by atoms with Crippen LogP contribution >= 0.6 is 0 Å². The molecular weight excluding hydrogens is 246 g/mol. The molecule has 1 N–H and O–H groups in total. The van der Waals surface area contributed by atoms with E-state index in [2.05, 4.69) is 4.98 Å². The molecule has 6 nitrogen and oxygen atoms in total. The van der Waals surface area contributed by atoms with Gasteiger partial charge in [-0.25, -0.2) is 4.98 Å². The quantitative estimate of drug-likeness (QED) is 0.833. The molecule has 1 aromatic heterocycles. The van der Waals surface area contributed by atoms with Crippen molar-refractivity contribution in [3.63, 3.8) is 0 Å². The van der Waals surface area contributed by atoms with Gasteiger partial charge in [0.05, 0.1) is 0 Å². The van der Waals surface area contributed by atoms with Gasteiger partial charge in [0, 0.05) is 45.9 Å². The van der Waals surface area contributed by atoms with Crippen molar-refractivity contribution in [1.82, 2.24) is 9.88 Å². The number of hydrogen-bond acceptors (Lipinski definition) is 4. The maximum absolute atomic E-state index is 12.1. The summed E-state index contributed by atoms with van der Waals surface area (Å²) in [5.41, 5.74) is 0.552. The summed E-state index contributed by atoms with van der Waals surface area (Å²) < 4.78 is 0. The van der Waals surface area contributed by atoms with Crippen molar-refractivity contribution in [2.45, 2.75) is 12.8 Å². The number of carboxylic acid groups (broad SMARTS) is 1. The Bertz CT molecular complexity index is 460. The van der Waals surface area contributed by atoms with Crippen molar-refractivity contribution in [3.05, 3.63) is 23.9 Å². The van der Waals surface area contributed by atoms with Gasteiger partial charge in [0.1, 0.15) is 5.82 Å². The molecule has 0 fully saturated rings. The van der Waals surface area contributed by atoms with Crippen molar-refractivity contribution in [1.29, 1.82) is 0 Å². The minimum atomic E-state index is -0.848. The van der Waals surface area contributed by atoms with Crippen molar-refractivity contribution in [3.8, 4) is 0 Å². The van der Waals surface area contributed by atoms with Crippen LogP contribution < -0.4 is 4.90 Å². The van der Waals surface area contributed by atoms with Gasteiger partial charge >= 0.3 is 5.97 Å². The highest BCUT2D eigenvalue weighted by molar-refractivity contribution is 5.94. The van der Waals surface area contributed by atoms with E-state index in [0.717, 1.165) is 0 Å². The Kier molecular flexibility index (Phi) is 5.29. The molecule has 1 aromatic rings. The number of anilines is 1. The van der Waals surface area contributed by atoms with Gasteiger partial charge < -0.3 is 14.9 Å². The number of carbonyl (C=O) groups is 2. The summed E-state index contributed by atoms with van der Waals surface area (Å²) in [5, 5.41) is 8.56. The molecule has 1 amide bonds. The molecule has 6 heteroatoms. The van der Waals surface area contributed by atoms with Crippen LogP contribution in [-0.4, -0.2) is 54.6 Å². The molecule has 104 valence electrons. The highest BCUT2D eigenvalue weighted by Gasteiger charge is 2.13. The predicted octanol–water partition coefficient (Wildman–Crippen LogP) is 1.08. The monoisotopic (exact) mass is 265 g/mol. The number of hydrogen-bond donors (Lipinski definition) is 1. The fourth-order valence-electron chi connectivity index (χ4n) is 1.59. The highest BCUT2D eigenvalue weighted by atomic mass is 16.4. The number of nitrogens with zero attached hydrogens (tertiary/aromatic N) is 3. The lowest BCUT2D eigenvalue weighted by Crippen LogP contribution is -2.28. The van der Waals surface area contributed by atoms with Crippen LogP contribution in [0.5, 0.6) is 0 Å². The molecular formula is C13H19N3O3. The van der Waals surface area contributed by atoms with Gasteiger partial charge in [0.2, 0.25) is 0 Å². The van der Waals surface area contributed by atoms with Crippen molar-refractivity contribution >= 4 is 17.7 Å². The van der Waals surface area contributed by atoms with Gasteiger partial charge in [-0.1, -0.05) is 0 Å². The number of carboxylic acids is 1. The van der Waals surface area contributed by atoms with Gasteiger partial charge in [-0.05, 0) is 18.6 Å². The minimum absolute atomic E-state index is 0.0664. The molecule has 0 radical (unpaired) electrons. The van der Waals surface area contributed by atoms with Crippen LogP contribution in [0, 0.1) is 0 Å². The van der Waals surface area contributed by atoms with Crippen molar-refractivity contribution in [2.75, 3.05) is 32.6 Å². The van der Waals surface area contributed by atoms with Crippen LogP contribution in [0.25, 0.3) is 0 Å². The molecule has 0 spiro atoms. The normalized spacial score (nSPS) is 10.1. The molecule has 0 aliphatic rings. The average Bonchev–Trinajstić information content (AvgIpc) is 2.37. The Hall–Kier alpha value is -2.11. The van der Waals surface area contributed by atoms with Gasteiger partial charge in [-0.2, -0.15) is 0 Å². The third-order valence-electron chi connectivity index (χ3n) is 2.68. The van der Waals surface area contributed by atoms with E-state index in [9.17, 15) is 9.59 Å². The fourth-order valence-corrected chi connectivity index (χ4v) is 1.59. The number of pyridine rings is 1. The van der Waals surface area contributed by atoms with E-state index in [0.29, 0.717) is 24.3 Å². The molecule has 1 rings (SSSR count). The number of rotatable bonds is 6. The van der Waals surface area contributed by atoms with Crippen LogP contribution in [0.4, 0.5) is 5.82 Å². The molecule has 1 heterocycles. The van der Waals surface area contributed by atoms with Gasteiger partial charge in [-0.3, -0.25) is 9.59 Å². The highest BCUT2D eigenvalue weighted by Crippen LogP contribution is 2.11. The topological polar surface area (TPSA) is 73.7 Å². The summed E-state index contributed by atoms with van der Waals surface area (Å²) in [6.07, 6.45) is 2.10. The third kappa shape index (κ3) is 4.57. The van der Waals surface area contributed by atoms with Crippen LogP contribution in [-0.2, 0) is 4.79 Å². The summed E-state index contributed by atoms with van der Waals surface area (Å²) in [6, 6.07) is 3.37. The lowest BCUT2D eigenvalue weighted by atomic mass is 10.2. The summed E-state index contributed by atoms with van der Waals surface area (Å²) in [6.45, 7) is 0.421. The standard InChI is InChI=1S/C13H19N3O3/c1-15(2)11-9-10(6-7-14-11)13(19)16(3)8-4-5-12(17)18/h6-7,9H,4-5,8H2,1-3H3,(H,17,18). The second-order valence-electron chi connectivity index (χ2n) is 4.52. The van der Waals surface area contributed by atoms with Gasteiger partial charge in [-0.15, -0.1) is 0 Å². The van der Waals surface area contributed by atoms with Crippen LogP contribution in [0.2, 0.25) is 0 Å². The zero-order chi connectivity index (χ0) is 14.4. The Balaban J connectivity index is 2.66. The minimum Gasteiger partial charge on any atom is -0.481 e. The number of amides is 1. The second-order valence-corrected chi connectivity index (χ2v) is 4.52. The molecule has 0 saturated heterocycles. The van der Waals surface area contributed by atoms with Crippen LogP contribution in [0.15, 0.2) is 18.3 Å². The Morgan fingerprint density at radius 1 is 1.32 bits per heavy atom. The van der Waals surface area contributed by atoms with Gasteiger partial charge in [0.15, 0.2) is 0 Å². The van der Waals surface area contributed by atoms with E-state index in [4.69, 9.17) is 5.11 Å². The average molecular weight is 265 g/mol. The smallest absolute Gasteiger partial charge is 0.303 e. The summed E-state index contributed by atoms with van der Waals surface area (Å²) in [7, 11) is 5.38. The largest absolute Gasteiger partial charge is 0.481 e. The lowest BCUT2D eigenvalue weighted by molar-refractivity contribution is -0.137. The van der Waals surface area contributed by atoms with Crippen molar-refractivity contribution in [2.24, 2.45) is 0 Å². The van der Waals surface area contributed by atoms with E-state index < -0.39 is 5.97 Å².